The molecule has 0 saturated heterocycles. The number of rotatable bonds is 2. The van der Waals surface area contributed by atoms with Crippen LogP contribution >= 0.6 is 15.9 Å². The van der Waals surface area contributed by atoms with Gasteiger partial charge in [0.15, 0.2) is 5.70 Å². The highest BCUT2D eigenvalue weighted by Gasteiger charge is 2.30. The fraction of sp³-hybridized carbons (Fsp3) is 0.0588. The molecule has 122 valence electrons. The minimum absolute atomic E-state index is 0.0349. The van der Waals surface area contributed by atoms with E-state index in [2.05, 4.69) is 20.9 Å². The van der Waals surface area contributed by atoms with Gasteiger partial charge >= 0.3 is 12.1 Å². The van der Waals surface area contributed by atoms with Crippen molar-refractivity contribution in [3.63, 3.8) is 0 Å². The van der Waals surface area contributed by atoms with Gasteiger partial charge in [-0.3, -0.25) is 0 Å². The van der Waals surface area contributed by atoms with Crippen LogP contribution in [0.5, 0.6) is 0 Å². The van der Waals surface area contributed by atoms with Crippen molar-refractivity contribution in [3.8, 4) is 0 Å². The predicted molar refractivity (Wildman–Crippen MR) is 86.2 cm³/mol. The number of benzene rings is 2. The standard InChI is InChI=1S/C17H9BrF3NO2/c18-13-7-3-11(4-8-13)15-22-14(16(23)24-15)9-10-1-5-12(6-2-10)17(19,20)21/h1-9H/b14-9+. The van der Waals surface area contributed by atoms with E-state index in [9.17, 15) is 18.0 Å². The summed E-state index contributed by atoms with van der Waals surface area (Å²) in [4.78, 5) is 16.0. The number of carbonyl (C=O) groups is 1. The van der Waals surface area contributed by atoms with E-state index in [4.69, 9.17) is 4.74 Å². The molecule has 7 heteroatoms. The van der Waals surface area contributed by atoms with Crippen molar-refractivity contribution in [1.29, 1.82) is 0 Å². The molecule has 0 aliphatic carbocycles. The number of esters is 1. The van der Waals surface area contributed by atoms with E-state index in [1.165, 1.54) is 18.2 Å². The Bertz CT molecular complexity index is 838. The Kier molecular flexibility index (Phi) is 4.28. The van der Waals surface area contributed by atoms with Crippen molar-refractivity contribution >= 4 is 33.9 Å². The lowest BCUT2D eigenvalue weighted by atomic mass is 10.1. The molecule has 0 fully saturated rings. The Balaban J connectivity index is 1.87. The van der Waals surface area contributed by atoms with E-state index < -0.39 is 17.7 Å². The molecule has 2 aromatic rings. The zero-order chi connectivity index (χ0) is 17.3. The summed E-state index contributed by atoms with van der Waals surface area (Å²) in [5.74, 6) is -0.488. The summed E-state index contributed by atoms with van der Waals surface area (Å²) in [6.45, 7) is 0. The average Bonchev–Trinajstić information content (AvgIpc) is 2.89. The van der Waals surface area contributed by atoms with Crippen LogP contribution in [0.4, 0.5) is 13.2 Å². The molecule has 1 heterocycles. The van der Waals surface area contributed by atoms with Crippen molar-refractivity contribution in [2.45, 2.75) is 6.18 Å². The molecule has 1 aliphatic rings. The van der Waals surface area contributed by atoms with Gasteiger partial charge in [0.2, 0.25) is 5.90 Å². The highest BCUT2D eigenvalue weighted by Crippen LogP contribution is 2.29. The first kappa shape index (κ1) is 16.4. The minimum atomic E-state index is -4.40. The molecule has 0 N–H and O–H groups in total. The average molecular weight is 396 g/mol. The SMILES string of the molecule is O=C1OC(c2ccc(Br)cc2)=N/C1=C/c1ccc(C(F)(F)F)cc1. The summed E-state index contributed by atoms with van der Waals surface area (Å²) in [7, 11) is 0. The van der Waals surface area contributed by atoms with E-state index in [1.807, 2.05) is 0 Å². The normalized spacial score (nSPS) is 16.2. The molecule has 3 rings (SSSR count). The van der Waals surface area contributed by atoms with Gasteiger partial charge in [-0.15, -0.1) is 0 Å². The van der Waals surface area contributed by atoms with Crippen LogP contribution in [-0.2, 0) is 15.7 Å². The van der Waals surface area contributed by atoms with Crippen molar-refractivity contribution in [1.82, 2.24) is 0 Å². The second-order valence-corrected chi connectivity index (χ2v) is 5.88. The lowest BCUT2D eigenvalue weighted by molar-refractivity contribution is -0.137. The highest BCUT2D eigenvalue weighted by molar-refractivity contribution is 9.10. The Hall–Kier alpha value is -2.41. The second-order valence-electron chi connectivity index (χ2n) is 4.96. The molecule has 0 aromatic heterocycles. The number of nitrogens with zero attached hydrogens (tertiary/aromatic N) is 1. The molecule has 0 saturated carbocycles. The molecular weight excluding hydrogens is 387 g/mol. The van der Waals surface area contributed by atoms with E-state index in [0.29, 0.717) is 11.1 Å². The van der Waals surface area contributed by atoms with Crippen LogP contribution in [0.3, 0.4) is 0 Å². The number of halogens is 4. The Morgan fingerprint density at radius 3 is 2.21 bits per heavy atom. The summed E-state index contributed by atoms with van der Waals surface area (Å²) in [5, 5.41) is 0. The maximum atomic E-state index is 12.5. The van der Waals surface area contributed by atoms with Crippen LogP contribution < -0.4 is 0 Å². The van der Waals surface area contributed by atoms with Gasteiger partial charge < -0.3 is 4.74 Å². The molecule has 0 unspecified atom stereocenters. The number of aliphatic imine (C=N–C) groups is 1. The number of ether oxygens (including phenoxy) is 1. The Morgan fingerprint density at radius 2 is 1.62 bits per heavy atom. The molecule has 24 heavy (non-hydrogen) atoms. The molecule has 0 amide bonds. The summed E-state index contributed by atoms with van der Waals surface area (Å²) in [6.07, 6.45) is -3.01. The van der Waals surface area contributed by atoms with Crippen molar-refractivity contribution in [2.24, 2.45) is 4.99 Å². The van der Waals surface area contributed by atoms with E-state index >= 15 is 0 Å². The van der Waals surface area contributed by atoms with Gasteiger partial charge in [0.1, 0.15) is 0 Å². The fourth-order valence-electron chi connectivity index (χ4n) is 2.05. The number of alkyl halides is 3. The smallest absolute Gasteiger partial charge is 0.402 e. The van der Waals surface area contributed by atoms with Gasteiger partial charge in [-0.1, -0.05) is 28.1 Å². The van der Waals surface area contributed by atoms with Gasteiger partial charge in [-0.2, -0.15) is 13.2 Å². The van der Waals surface area contributed by atoms with Gasteiger partial charge in [-0.05, 0) is 48.0 Å². The van der Waals surface area contributed by atoms with Gasteiger partial charge in [0, 0.05) is 10.0 Å². The highest BCUT2D eigenvalue weighted by atomic mass is 79.9. The maximum Gasteiger partial charge on any atom is 0.416 e. The molecule has 0 bridgehead atoms. The molecule has 0 radical (unpaired) electrons. The number of hydrogen-bond donors (Lipinski definition) is 0. The first-order valence-corrected chi connectivity index (χ1v) is 7.58. The van der Waals surface area contributed by atoms with E-state index in [1.54, 1.807) is 24.3 Å². The van der Waals surface area contributed by atoms with E-state index in [0.717, 1.165) is 16.6 Å². The van der Waals surface area contributed by atoms with Crippen LogP contribution in [0.1, 0.15) is 16.7 Å². The van der Waals surface area contributed by atoms with Crippen LogP contribution in [0, 0.1) is 0 Å². The third kappa shape index (κ3) is 3.56. The summed E-state index contributed by atoms with van der Waals surface area (Å²) in [5.41, 5.74) is 0.337. The topological polar surface area (TPSA) is 38.7 Å². The van der Waals surface area contributed by atoms with E-state index in [-0.39, 0.29) is 11.6 Å². The molecule has 2 aromatic carbocycles. The number of hydrogen-bond acceptors (Lipinski definition) is 3. The monoisotopic (exact) mass is 395 g/mol. The largest absolute Gasteiger partial charge is 0.416 e. The van der Waals surface area contributed by atoms with Crippen LogP contribution in [-0.4, -0.2) is 11.9 Å². The number of cyclic esters (lactones) is 1. The summed E-state index contributed by atoms with van der Waals surface area (Å²) in [6, 6.07) is 11.5. The van der Waals surface area contributed by atoms with Crippen molar-refractivity contribution in [3.05, 3.63) is 75.4 Å². The van der Waals surface area contributed by atoms with Gasteiger partial charge in [0.05, 0.1) is 5.56 Å². The summed E-state index contributed by atoms with van der Waals surface area (Å²) < 4.78 is 43.6. The number of carbonyl (C=O) groups excluding carboxylic acids is 1. The molecule has 1 aliphatic heterocycles. The summed E-state index contributed by atoms with van der Waals surface area (Å²) >= 11 is 3.30. The zero-order valence-corrected chi connectivity index (χ0v) is 13.6. The Labute approximate surface area is 143 Å². The Morgan fingerprint density at radius 1 is 1.00 bits per heavy atom. The van der Waals surface area contributed by atoms with Gasteiger partial charge in [0.25, 0.3) is 0 Å². The lowest BCUT2D eigenvalue weighted by Gasteiger charge is -2.05. The first-order chi connectivity index (χ1) is 11.3. The first-order valence-electron chi connectivity index (χ1n) is 6.79. The maximum absolute atomic E-state index is 12.5. The molecular formula is C17H9BrF3NO2. The minimum Gasteiger partial charge on any atom is -0.402 e. The second kappa shape index (κ2) is 6.24. The fourth-order valence-corrected chi connectivity index (χ4v) is 2.32. The van der Waals surface area contributed by atoms with Crippen molar-refractivity contribution in [2.75, 3.05) is 0 Å². The molecule has 3 nitrogen and oxygen atoms in total. The lowest BCUT2D eigenvalue weighted by Crippen LogP contribution is -2.05. The quantitative estimate of drug-likeness (QED) is 0.540. The predicted octanol–water partition coefficient (Wildman–Crippen LogP) is 4.81. The third-order valence-corrected chi connectivity index (χ3v) is 3.78. The van der Waals surface area contributed by atoms with Crippen LogP contribution in [0.25, 0.3) is 6.08 Å². The molecule has 0 spiro atoms. The zero-order valence-electron chi connectivity index (χ0n) is 12.0. The van der Waals surface area contributed by atoms with Crippen LogP contribution in [0.2, 0.25) is 0 Å². The van der Waals surface area contributed by atoms with Crippen LogP contribution in [0.15, 0.2) is 63.7 Å². The molecule has 0 atom stereocenters. The third-order valence-electron chi connectivity index (χ3n) is 3.25. The van der Waals surface area contributed by atoms with Crippen molar-refractivity contribution < 1.29 is 22.7 Å². The van der Waals surface area contributed by atoms with Gasteiger partial charge in [-0.25, -0.2) is 9.79 Å².